The molecule has 3 heterocycles. The van der Waals surface area contributed by atoms with Gasteiger partial charge in [0.15, 0.2) is 0 Å². The fraction of sp³-hybridized carbons (Fsp3) is 0.158. The number of benzene rings is 1. The van der Waals surface area contributed by atoms with E-state index in [1.54, 1.807) is 12.4 Å². The van der Waals surface area contributed by atoms with Crippen LogP contribution in [0.4, 0.5) is 0 Å². The molecule has 0 unspecified atom stereocenters. The molecule has 0 aliphatic carbocycles. The molecule has 1 aliphatic heterocycles. The zero-order valence-electron chi connectivity index (χ0n) is 13.1. The first-order valence-corrected chi connectivity index (χ1v) is 7.87. The number of rotatable bonds is 4. The van der Waals surface area contributed by atoms with Crippen molar-refractivity contribution >= 4 is 5.91 Å². The Morgan fingerprint density at radius 3 is 2.79 bits per heavy atom. The summed E-state index contributed by atoms with van der Waals surface area (Å²) in [6.07, 6.45) is 3.24. The average molecular weight is 319 g/mol. The zero-order chi connectivity index (χ0) is 16.4. The first-order chi connectivity index (χ1) is 11.8. The second kappa shape index (κ2) is 6.29. The fourth-order valence-corrected chi connectivity index (χ4v) is 2.94. The lowest BCUT2D eigenvalue weighted by atomic mass is 10.2. The SMILES string of the molecule is O=C1CN(Cc2ccccc2)[C@H](c2ccc(-c3cccnc3)o2)N1. The van der Waals surface area contributed by atoms with Gasteiger partial charge in [-0.1, -0.05) is 30.3 Å². The van der Waals surface area contributed by atoms with E-state index in [2.05, 4.69) is 27.3 Å². The Hall–Kier alpha value is -2.92. The molecule has 5 heteroatoms. The number of nitrogens with zero attached hydrogens (tertiary/aromatic N) is 2. The van der Waals surface area contributed by atoms with Crippen molar-refractivity contribution in [2.75, 3.05) is 6.54 Å². The van der Waals surface area contributed by atoms with Gasteiger partial charge >= 0.3 is 0 Å². The maximum atomic E-state index is 11.9. The van der Waals surface area contributed by atoms with Crippen LogP contribution in [0.5, 0.6) is 0 Å². The summed E-state index contributed by atoms with van der Waals surface area (Å²) in [4.78, 5) is 18.1. The van der Waals surface area contributed by atoms with Crippen molar-refractivity contribution in [1.29, 1.82) is 0 Å². The third kappa shape index (κ3) is 2.94. The van der Waals surface area contributed by atoms with Gasteiger partial charge in [-0.3, -0.25) is 14.7 Å². The van der Waals surface area contributed by atoms with Gasteiger partial charge in [-0.25, -0.2) is 0 Å². The van der Waals surface area contributed by atoms with Crippen LogP contribution in [0.15, 0.2) is 71.4 Å². The van der Waals surface area contributed by atoms with Crippen LogP contribution < -0.4 is 5.32 Å². The Balaban J connectivity index is 1.58. The lowest BCUT2D eigenvalue weighted by Gasteiger charge is -2.21. The zero-order valence-corrected chi connectivity index (χ0v) is 13.1. The maximum Gasteiger partial charge on any atom is 0.235 e. The standard InChI is InChI=1S/C19H17N3O2/c23-18-13-22(12-14-5-2-1-3-6-14)19(21-18)17-9-8-16(24-17)15-7-4-10-20-11-15/h1-11,19H,12-13H2,(H,21,23)/t19-/m1/s1. The lowest BCUT2D eigenvalue weighted by molar-refractivity contribution is -0.118. The molecule has 1 aliphatic rings. The van der Waals surface area contributed by atoms with Gasteiger partial charge in [0.25, 0.3) is 0 Å². The molecule has 1 N–H and O–H groups in total. The molecular formula is C19H17N3O2. The van der Waals surface area contributed by atoms with Gasteiger partial charge in [-0.15, -0.1) is 0 Å². The van der Waals surface area contributed by atoms with Gasteiger partial charge in [0.1, 0.15) is 17.7 Å². The smallest absolute Gasteiger partial charge is 0.235 e. The molecule has 120 valence electrons. The summed E-state index contributed by atoms with van der Waals surface area (Å²) in [7, 11) is 0. The lowest BCUT2D eigenvalue weighted by Crippen LogP contribution is -2.26. The molecule has 4 rings (SSSR count). The fourth-order valence-electron chi connectivity index (χ4n) is 2.94. The van der Waals surface area contributed by atoms with Crippen molar-refractivity contribution < 1.29 is 9.21 Å². The molecular weight excluding hydrogens is 302 g/mol. The number of carbonyl (C=O) groups is 1. The topological polar surface area (TPSA) is 58.4 Å². The maximum absolute atomic E-state index is 11.9. The summed E-state index contributed by atoms with van der Waals surface area (Å²) in [6.45, 7) is 1.05. The van der Waals surface area contributed by atoms with E-state index in [1.165, 1.54) is 0 Å². The Bertz CT molecular complexity index is 830. The van der Waals surface area contributed by atoms with Crippen molar-refractivity contribution in [3.63, 3.8) is 0 Å². The van der Waals surface area contributed by atoms with Crippen LogP contribution in [0.3, 0.4) is 0 Å². The number of aromatic nitrogens is 1. The quantitative estimate of drug-likeness (QED) is 0.803. The van der Waals surface area contributed by atoms with E-state index in [1.807, 2.05) is 42.5 Å². The highest BCUT2D eigenvalue weighted by Crippen LogP contribution is 2.29. The number of amides is 1. The molecule has 3 aromatic rings. The van der Waals surface area contributed by atoms with Crippen LogP contribution in [0.2, 0.25) is 0 Å². The highest BCUT2D eigenvalue weighted by atomic mass is 16.3. The number of hydrogen-bond donors (Lipinski definition) is 1. The average Bonchev–Trinajstić information content (AvgIpc) is 3.23. The van der Waals surface area contributed by atoms with Crippen molar-refractivity contribution in [2.24, 2.45) is 0 Å². The molecule has 1 amide bonds. The Kier molecular flexibility index (Phi) is 3.84. The van der Waals surface area contributed by atoms with Gasteiger partial charge in [-0.05, 0) is 29.8 Å². The summed E-state index contributed by atoms with van der Waals surface area (Å²) in [5, 5.41) is 2.98. The molecule has 24 heavy (non-hydrogen) atoms. The molecule has 2 aromatic heterocycles. The minimum absolute atomic E-state index is 0.00950. The Morgan fingerprint density at radius 1 is 1.12 bits per heavy atom. The Morgan fingerprint density at radius 2 is 2.00 bits per heavy atom. The summed E-state index contributed by atoms with van der Waals surface area (Å²) >= 11 is 0. The minimum Gasteiger partial charge on any atom is -0.457 e. The molecule has 0 saturated carbocycles. The molecule has 0 bridgehead atoms. The first kappa shape index (κ1) is 14.7. The molecule has 0 radical (unpaired) electrons. The van der Waals surface area contributed by atoms with Crippen LogP contribution in [0.1, 0.15) is 17.5 Å². The van der Waals surface area contributed by atoms with E-state index in [-0.39, 0.29) is 12.1 Å². The summed E-state index contributed by atoms with van der Waals surface area (Å²) in [6, 6.07) is 17.8. The third-order valence-electron chi connectivity index (χ3n) is 4.08. The van der Waals surface area contributed by atoms with Crippen molar-refractivity contribution in [3.05, 3.63) is 78.3 Å². The predicted molar refractivity (Wildman–Crippen MR) is 89.7 cm³/mol. The molecule has 5 nitrogen and oxygen atoms in total. The van der Waals surface area contributed by atoms with E-state index in [9.17, 15) is 4.79 Å². The highest BCUT2D eigenvalue weighted by Gasteiger charge is 2.33. The molecule has 1 fully saturated rings. The van der Waals surface area contributed by atoms with Crippen LogP contribution >= 0.6 is 0 Å². The van der Waals surface area contributed by atoms with Gasteiger partial charge < -0.3 is 9.73 Å². The third-order valence-corrected chi connectivity index (χ3v) is 4.08. The van der Waals surface area contributed by atoms with E-state index in [0.29, 0.717) is 13.1 Å². The molecule has 1 saturated heterocycles. The summed E-state index contributed by atoms with van der Waals surface area (Å²) in [5.74, 6) is 1.49. The normalized spacial score (nSPS) is 17.8. The van der Waals surface area contributed by atoms with Gasteiger partial charge in [0, 0.05) is 24.5 Å². The van der Waals surface area contributed by atoms with Crippen LogP contribution in [0.25, 0.3) is 11.3 Å². The van der Waals surface area contributed by atoms with E-state index in [4.69, 9.17) is 4.42 Å². The van der Waals surface area contributed by atoms with E-state index in [0.717, 1.165) is 22.6 Å². The van der Waals surface area contributed by atoms with Crippen LogP contribution in [-0.4, -0.2) is 22.3 Å². The van der Waals surface area contributed by atoms with Crippen molar-refractivity contribution in [2.45, 2.75) is 12.7 Å². The minimum atomic E-state index is -0.247. The first-order valence-electron chi connectivity index (χ1n) is 7.87. The summed E-state index contributed by atoms with van der Waals surface area (Å²) < 4.78 is 5.97. The number of hydrogen-bond acceptors (Lipinski definition) is 4. The largest absolute Gasteiger partial charge is 0.457 e. The van der Waals surface area contributed by atoms with Crippen molar-refractivity contribution in [3.8, 4) is 11.3 Å². The van der Waals surface area contributed by atoms with E-state index < -0.39 is 0 Å². The number of nitrogens with one attached hydrogen (secondary N) is 1. The second-order valence-electron chi connectivity index (χ2n) is 5.80. The molecule has 1 atom stereocenters. The van der Waals surface area contributed by atoms with Crippen LogP contribution in [-0.2, 0) is 11.3 Å². The van der Waals surface area contributed by atoms with Gasteiger partial charge in [-0.2, -0.15) is 0 Å². The van der Waals surface area contributed by atoms with Crippen LogP contribution in [0, 0.1) is 0 Å². The monoisotopic (exact) mass is 319 g/mol. The summed E-state index contributed by atoms with van der Waals surface area (Å²) in [5.41, 5.74) is 2.08. The number of pyridine rings is 1. The van der Waals surface area contributed by atoms with Gasteiger partial charge in [0.05, 0.1) is 6.54 Å². The number of furan rings is 1. The Labute approximate surface area is 139 Å². The van der Waals surface area contributed by atoms with E-state index >= 15 is 0 Å². The highest BCUT2D eigenvalue weighted by molar-refractivity contribution is 5.80. The predicted octanol–water partition coefficient (Wildman–Crippen LogP) is 2.97. The number of carbonyl (C=O) groups excluding carboxylic acids is 1. The van der Waals surface area contributed by atoms with Gasteiger partial charge in [0.2, 0.25) is 5.91 Å². The molecule has 0 spiro atoms. The molecule has 1 aromatic carbocycles. The van der Waals surface area contributed by atoms with Crippen molar-refractivity contribution in [1.82, 2.24) is 15.2 Å². The second-order valence-corrected chi connectivity index (χ2v) is 5.80.